The van der Waals surface area contributed by atoms with Crippen LogP contribution in [0.4, 0.5) is 0 Å². The van der Waals surface area contributed by atoms with E-state index in [-0.39, 0.29) is 24.5 Å². The summed E-state index contributed by atoms with van der Waals surface area (Å²) in [5, 5.41) is 9.03. The van der Waals surface area contributed by atoms with Crippen molar-refractivity contribution in [3.8, 4) is 0 Å². The molecule has 4 nitrogen and oxygen atoms in total. The van der Waals surface area contributed by atoms with E-state index in [0.717, 1.165) is 18.4 Å². The van der Waals surface area contributed by atoms with Gasteiger partial charge >= 0.3 is 0 Å². The molecule has 1 aliphatic carbocycles. The fourth-order valence-corrected chi connectivity index (χ4v) is 2.79. The molecule has 1 amide bonds. The maximum absolute atomic E-state index is 12.8. The number of hydrogen-bond acceptors (Lipinski definition) is 3. The fourth-order valence-electron chi connectivity index (χ4n) is 2.79. The number of amides is 1. The second-order valence-corrected chi connectivity index (χ2v) is 5.92. The highest BCUT2D eigenvalue weighted by Gasteiger charge is 2.33. The van der Waals surface area contributed by atoms with Crippen LogP contribution in [-0.4, -0.2) is 35.1 Å². The Morgan fingerprint density at radius 3 is 2.57 bits per heavy atom. The summed E-state index contributed by atoms with van der Waals surface area (Å²) in [5.41, 5.74) is 7.26. The van der Waals surface area contributed by atoms with Gasteiger partial charge in [-0.05, 0) is 31.2 Å². The molecule has 0 spiro atoms. The molecule has 0 radical (unpaired) electrons. The smallest absolute Gasteiger partial charge is 0.227 e. The number of nitrogens with zero attached hydrogens (tertiary/aromatic N) is 1. The topological polar surface area (TPSA) is 66.6 Å². The third kappa shape index (κ3) is 3.83. The zero-order chi connectivity index (χ0) is 15.2. The first kappa shape index (κ1) is 16.0. The van der Waals surface area contributed by atoms with Crippen LogP contribution in [0.15, 0.2) is 30.3 Å². The van der Waals surface area contributed by atoms with Crippen molar-refractivity contribution in [1.29, 1.82) is 0 Å². The highest BCUT2D eigenvalue weighted by Crippen LogP contribution is 2.29. The van der Waals surface area contributed by atoms with Gasteiger partial charge in [0.25, 0.3) is 0 Å². The first-order valence-electron chi connectivity index (χ1n) is 7.87. The van der Waals surface area contributed by atoms with Crippen molar-refractivity contribution in [1.82, 2.24) is 4.90 Å². The number of aliphatic hydroxyl groups excluding tert-OH is 1. The van der Waals surface area contributed by atoms with E-state index in [2.05, 4.69) is 0 Å². The fraction of sp³-hybridized carbons (Fsp3) is 0.588. The van der Waals surface area contributed by atoms with Gasteiger partial charge in [-0.2, -0.15) is 0 Å². The van der Waals surface area contributed by atoms with Crippen LogP contribution in [-0.2, 0) is 4.79 Å². The lowest BCUT2D eigenvalue weighted by molar-refractivity contribution is -0.140. The molecule has 0 aromatic heterocycles. The first-order chi connectivity index (χ1) is 10.1. The van der Waals surface area contributed by atoms with Crippen molar-refractivity contribution in [2.24, 2.45) is 11.7 Å². The van der Waals surface area contributed by atoms with E-state index in [1.165, 1.54) is 6.42 Å². The van der Waals surface area contributed by atoms with Gasteiger partial charge in [0, 0.05) is 25.2 Å². The quantitative estimate of drug-likeness (QED) is 0.808. The van der Waals surface area contributed by atoms with Crippen LogP contribution in [0, 0.1) is 5.92 Å². The van der Waals surface area contributed by atoms with Crippen LogP contribution in [0.3, 0.4) is 0 Å². The van der Waals surface area contributed by atoms with Gasteiger partial charge < -0.3 is 15.7 Å². The third-order valence-corrected chi connectivity index (χ3v) is 4.47. The minimum Gasteiger partial charge on any atom is -0.396 e. The number of carbonyl (C=O) groups is 1. The van der Waals surface area contributed by atoms with E-state index in [1.807, 2.05) is 42.2 Å². The molecule has 2 rings (SSSR count). The Hall–Kier alpha value is -1.39. The van der Waals surface area contributed by atoms with Gasteiger partial charge in [-0.3, -0.25) is 4.79 Å². The van der Waals surface area contributed by atoms with Crippen LogP contribution in [0.1, 0.15) is 44.2 Å². The van der Waals surface area contributed by atoms with Crippen molar-refractivity contribution in [2.75, 3.05) is 13.2 Å². The van der Waals surface area contributed by atoms with Crippen LogP contribution < -0.4 is 5.73 Å². The molecule has 1 saturated carbocycles. The largest absolute Gasteiger partial charge is 0.396 e. The number of carbonyl (C=O) groups excluding carboxylic acids is 1. The number of nitrogens with two attached hydrogens (primary N) is 1. The van der Waals surface area contributed by atoms with Crippen molar-refractivity contribution >= 4 is 5.91 Å². The van der Waals surface area contributed by atoms with Gasteiger partial charge in [0.1, 0.15) is 0 Å². The standard InChI is InChI=1S/C17H26N2O2/c1-13(16(18)14-7-3-2-4-8-14)17(21)19(11-6-12-20)15-9-5-10-15/h2-4,7-8,13,15-16,20H,5-6,9-12,18H2,1H3. The molecule has 116 valence electrons. The number of benzene rings is 1. The van der Waals surface area contributed by atoms with E-state index in [0.29, 0.717) is 19.0 Å². The molecule has 21 heavy (non-hydrogen) atoms. The predicted molar refractivity (Wildman–Crippen MR) is 83.6 cm³/mol. The Morgan fingerprint density at radius 2 is 2.05 bits per heavy atom. The lowest BCUT2D eigenvalue weighted by Gasteiger charge is -2.39. The Labute approximate surface area is 126 Å². The lowest BCUT2D eigenvalue weighted by Crippen LogP contribution is -2.48. The van der Waals surface area contributed by atoms with E-state index in [4.69, 9.17) is 10.8 Å². The normalized spacial score (nSPS) is 17.9. The molecule has 0 bridgehead atoms. The van der Waals surface area contributed by atoms with Gasteiger partial charge in [0.15, 0.2) is 0 Å². The summed E-state index contributed by atoms with van der Waals surface area (Å²) in [6.45, 7) is 2.66. The average molecular weight is 290 g/mol. The summed E-state index contributed by atoms with van der Waals surface area (Å²) >= 11 is 0. The molecule has 0 saturated heterocycles. The molecule has 4 heteroatoms. The number of hydrogen-bond donors (Lipinski definition) is 2. The van der Waals surface area contributed by atoms with E-state index in [1.54, 1.807) is 0 Å². The van der Waals surface area contributed by atoms with Crippen LogP contribution in [0.5, 0.6) is 0 Å². The predicted octanol–water partition coefficient (Wildman–Crippen LogP) is 2.09. The van der Waals surface area contributed by atoms with Crippen molar-refractivity contribution < 1.29 is 9.90 Å². The molecular formula is C17H26N2O2. The minimum atomic E-state index is -0.282. The van der Waals surface area contributed by atoms with Crippen molar-refractivity contribution in [3.63, 3.8) is 0 Å². The second kappa shape index (κ2) is 7.57. The maximum Gasteiger partial charge on any atom is 0.227 e. The van der Waals surface area contributed by atoms with Gasteiger partial charge in [0.2, 0.25) is 5.91 Å². The minimum absolute atomic E-state index is 0.115. The Bertz CT molecular complexity index is 445. The summed E-state index contributed by atoms with van der Waals surface area (Å²) in [4.78, 5) is 14.7. The van der Waals surface area contributed by atoms with Gasteiger partial charge in [-0.1, -0.05) is 37.3 Å². The SMILES string of the molecule is CC(C(=O)N(CCCO)C1CCC1)C(N)c1ccccc1. The Kier molecular flexibility index (Phi) is 5.76. The van der Waals surface area contributed by atoms with E-state index in [9.17, 15) is 4.79 Å². The molecule has 1 aromatic rings. The van der Waals surface area contributed by atoms with Gasteiger partial charge in [-0.15, -0.1) is 0 Å². The molecular weight excluding hydrogens is 264 g/mol. The van der Waals surface area contributed by atoms with E-state index < -0.39 is 0 Å². The molecule has 0 aliphatic heterocycles. The summed E-state index contributed by atoms with van der Waals surface area (Å²) < 4.78 is 0. The average Bonchev–Trinajstić information content (AvgIpc) is 2.48. The number of rotatable bonds is 7. The first-order valence-corrected chi connectivity index (χ1v) is 7.87. The Morgan fingerprint density at radius 1 is 1.38 bits per heavy atom. The molecule has 2 unspecified atom stereocenters. The van der Waals surface area contributed by atoms with Crippen LogP contribution in [0.2, 0.25) is 0 Å². The van der Waals surface area contributed by atoms with Crippen molar-refractivity contribution in [3.05, 3.63) is 35.9 Å². The molecule has 2 atom stereocenters. The third-order valence-electron chi connectivity index (χ3n) is 4.47. The molecule has 0 heterocycles. The zero-order valence-corrected chi connectivity index (χ0v) is 12.7. The maximum atomic E-state index is 12.8. The molecule has 1 fully saturated rings. The zero-order valence-electron chi connectivity index (χ0n) is 12.7. The summed E-state index contributed by atoms with van der Waals surface area (Å²) in [6, 6.07) is 9.84. The number of aliphatic hydroxyl groups is 1. The van der Waals surface area contributed by atoms with Crippen LogP contribution in [0.25, 0.3) is 0 Å². The summed E-state index contributed by atoms with van der Waals surface area (Å²) in [6.07, 6.45) is 3.97. The molecule has 1 aliphatic rings. The van der Waals surface area contributed by atoms with Gasteiger partial charge in [-0.25, -0.2) is 0 Å². The lowest BCUT2D eigenvalue weighted by atomic mass is 9.88. The molecule has 1 aromatic carbocycles. The highest BCUT2D eigenvalue weighted by molar-refractivity contribution is 5.80. The van der Waals surface area contributed by atoms with E-state index >= 15 is 0 Å². The summed E-state index contributed by atoms with van der Waals surface area (Å²) in [7, 11) is 0. The Balaban J connectivity index is 2.04. The molecule has 3 N–H and O–H groups in total. The highest BCUT2D eigenvalue weighted by atomic mass is 16.3. The second-order valence-electron chi connectivity index (χ2n) is 5.92. The summed E-state index contributed by atoms with van der Waals surface area (Å²) in [5.74, 6) is -0.129. The monoisotopic (exact) mass is 290 g/mol. The van der Waals surface area contributed by atoms with Crippen molar-refractivity contribution in [2.45, 2.75) is 44.7 Å². The van der Waals surface area contributed by atoms with Crippen LogP contribution >= 0.6 is 0 Å². The van der Waals surface area contributed by atoms with Gasteiger partial charge in [0.05, 0.1) is 5.92 Å².